The molecule has 8 nitrogen and oxygen atoms in total. The maximum absolute atomic E-state index is 13.6. The molecule has 1 amide bonds. The van der Waals surface area contributed by atoms with E-state index < -0.39 is 47.3 Å². The first kappa shape index (κ1) is 31.6. The predicted molar refractivity (Wildman–Crippen MR) is 143 cm³/mol. The van der Waals surface area contributed by atoms with Crippen molar-refractivity contribution in [3.63, 3.8) is 0 Å². The summed E-state index contributed by atoms with van der Waals surface area (Å²) in [5.74, 6) is 0.0929. The third kappa shape index (κ3) is 7.56. The van der Waals surface area contributed by atoms with Crippen LogP contribution in [0.2, 0.25) is 0 Å². The summed E-state index contributed by atoms with van der Waals surface area (Å²) >= 11 is 0. The van der Waals surface area contributed by atoms with Crippen LogP contribution in [0.25, 0.3) is 0 Å². The highest BCUT2D eigenvalue weighted by Gasteiger charge is 2.41. The van der Waals surface area contributed by atoms with Gasteiger partial charge in [0.1, 0.15) is 5.60 Å². The third-order valence-corrected chi connectivity index (χ3v) is 7.34. The number of nitrogens with zero attached hydrogens (tertiary/aromatic N) is 5. The second-order valence-electron chi connectivity index (χ2n) is 11.8. The average Bonchev–Trinajstić information content (AvgIpc) is 3.52. The van der Waals surface area contributed by atoms with Gasteiger partial charge in [-0.2, -0.15) is 26.3 Å². The van der Waals surface area contributed by atoms with Crippen LogP contribution in [-0.4, -0.2) is 69.5 Å². The molecule has 2 aromatic rings. The van der Waals surface area contributed by atoms with Gasteiger partial charge in [-0.1, -0.05) is 6.92 Å². The number of benzene rings is 1. The fourth-order valence-corrected chi connectivity index (χ4v) is 5.32. The van der Waals surface area contributed by atoms with Crippen molar-refractivity contribution in [2.45, 2.75) is 89.6 Å². The molecule has 2 aliphatic heterocycles. The molecule has 2 fully saturated rings. The van der Waals surface area contributed by atoms with Gasteiger partial charge in [-0.05, 0) is 63.8 Å². The van der Waals surface area contributed by atoms with E-state index in [4.69, 9.17) is 4.74 Å². The van der Waals surface area contributed by atoms with Gasteiger partial charge in [0.2, 0.25) is 5.95 Å². The largest absolute Gasteiger partial charge is 0.444 e. The number of hydrogen-bond acceptors (Lipinski definition) is 7. The minimum absolute atomic E-state index is 0.0929. The van der Waals surface area contributed by atoms with E-state index in [9.17, 15) is 36.2 Å². The first-order chi connectivity index (χ1) is 19.4. The molecule has 42 heavy (non-hydrogen) atoms. The van der Waals surface area contributed by atoms with Gasteiger partial charge < -0.3 is 24.5 Å². The van der Waals surface area contributed by atoms with Gasteiger partial charge in [0.05, 0.1) is 41.4 Å². The molecule has 0 radical (unpaired) electrons. The van der Waals surface area contributed by atoms with E-state index in [0.717, 1.165) is 0 Å². The minimum atomic E-state index is -4.99. The topological polar surface area (TPSA) is 82.0 Å². The van der Waals surface area contributed by atoms with Crippen LogP contribution in [-0.2, 0) is 23.6 Å². The number of hydrogen-bond donors (Lipinski definition) is 1. The zero-order valence-electron chi connectivity index (χ0n) is 23.8. The fourth-order valence-electron chi connectivity index (χ4n) is 5.32. The lowest BCUT2D eigenvalue weighted by Gasteiger charge is -2.30. The molecule has 14 heteroatoms. The van der Waals surface area contributed by atoms with Crippen molar-refractivity contribution in [1.82, 2.24) is 14.9 Å². The van der Waals surface area contributed by atoms with Crippen LogP contribution in [0.1, 0.15) is 63.6 Å². The molecule has 1 aromatic heterocycles. The molecule has 3 atom stereocenters. The molecule has 0 unspecified atom stereocenters. The monoisotopic (exact) mass is 603 g/mol. The summed E-state index contributed by atoms with van der Waals surface area (Å²) in [6, 6.07) is 0.687. The number of alkyl halides is 6. The highest BCUT2D eigenvalue weighted by molar-refractivity contribution is 5.69. The van der Waals surface area contributed by atoms with E-state index in [1.54, 1.807) is 25.7 Å². The minimum Gasteiger partial charge on any atom is -0.444 e. The number of halogens is 6. The maximum Gasteiger partial charge on any atom is 0.416 e. The Morgan fingerprint density at radius 1 is 1.02 bits per heavy atom. The molecule has 0 aliphatic carbocycles. The van der Waals surface area contributed by atoms with Crippen molar-refractivity contribution < 1.29 is 41.0 Å². The van der Waals surface area contributed by atoms with Gasteiger partial charge in [0.15, 0.2) is 0 Å². The Labute approximate surface area is 240 Å². The van der Waals surface area contributed by atoms with E-state index in [2.05, 4.69) is 9.97 Å². The van der Waals surface area contributed by atoms with Gasteiger partial charge in [-0.3, -0.25) is 0 Å². The van der Waals surface area contributed by atoms with Crippen LogP contribution >= 0.6 is 0 Å². The summed E-state index contributed by atoms with van der Waals surface area (Å²) in [5, 5.41) is 9.87. The lowest BCUT2D eigenvalue weighted by atomic mass is 10.0. The van der Waals surface area contributed by atoms with Crippen LogP contribution in [0, 0.1) is 0 Å². The van der Waals surface area contributed by atoms with Gasteiger partial charge in [-0.25, -0.2) is 14.8 Å². The SMILES string of the molecule is CC[C@@H]1C[C@H](N(Cc2cc(C(F)(F)F)cc(C(F)(F)F)c2)c2ncc(N3CC[C@H](O)C3)cn2)CN1C(=O)OC(C)(C)C. The van der Waals surface area contributed by atoms with Gasteiger partial charge in [0, 0.05) is 32.2 Å². The molecule has 1 aromatic carbocycles. The third-order valence-electron chi connectivity index (χ3n) is 7.34. The summed E-state index contributed by atoms with van der Waals surface area (Å²) in [6.45, 7) is 7.80. The number of anilines is 2. The summed E-state index contributed by atoms with van der Waals surface area (Å²) < 4.78 is 87.2. The first-order valence-electron chi connectivity index (χ1n) is 13.7. The zero-order valence-corrected chi connectivity index (χ0v) is 23.8. The number of aromatic nitrogens is 2. The predicted octanol–water partition coefficient (Wildman–Crippen LogP) is 5.88. The number of carbonyl (C=O) groups excluding carboxylic acids is 1. The molecule has 3 heterocycles. The van der Waals surface area contributed by atoms with Gasteiger partial charge in [0.25, 0.3) is 0 Å². The van der Waals surface area contributed by atoms with Crippen LogP contribution in [0.15, 0.2) is 30.6 Å². The molecule has 1 N–H and O–H groups in total. The quantitative estimate of drug-likeness (QED) is 0.413. The second kappa shape index (κ2) is 11.8. The Hall–Kier alpha value is -3.29. The van der Waals surface area contributed by atoms with Crippen molar-refractivity contribution >= 4 is 17.7 Å². The summed E-state index contributed by atoms with van der Waals surface area (Å²) in [4.78, 5) is 26.8. The number of rotatable bonds is 6. The van der Waals surface area contributed by atoms with E-state index in [1.165, 1.54) is 17.3 Å². The zero-order chi connectivity index (χ0) is 31.0. The maximum atomic E-state index is 13.6. The van der Waals surface area contributed by atoms with Crippen LogP contribution in [0.3, 0.4) is 0 Å². The molecule has 2 saturated heterocycles. The van der Waals surface area contributed by atoms with Crippen molar-refractivity contribution in [3.8, 4) is 0 Å². The van der Waals surface area contributed by atoms with Crippen LogP contribution in [0.4, 0.5) is 42.8 Å². The number of aliphatic hydroxyl groups is 1. The Kier molecular flexibility index (Phi) is 8.87. The molecular weight excluding hydrogens is 568 g/mol. The lowest BCUT2D eigenvalue weighted by Crippen LogP contribution is -2.42. The summed E-state index contributed by atoms with van der Waals surface area (Å²) in [6.07, 6.45) is -6.50. The number of aliphatic hydroxyl groups excluding tert-OH is 1. The highest BCUT2D eigenvalue weighted by Crippen LogP contribution is 2.37. The number of β-amino-alcohol motifs (C(OH)–C–C–N with tert-alkyl or cyclic N) is 1. The number of amides is 1. The molecular formula is C28H35F6N5O3. The molecule has 232 valence electrons. The first-order valence-corrected chi connectivity index (χ1v) is 13.7. The van der Waals surface area contributed by atoms with E-state index in [-0.39, 0.29) is 36.7 Å². The molecule has 0 bridgehead atoms. The second-order valence-corrected chi connectivity index (χ2v) is 11.8. The van der Waals surface area contributed by atoms with Crippen molar-refractivity contribution in [3.05, 3.63) is 47.3 Å². The van der Waals surface area contributed by atoms with E-state index in [0.29, 0.717) is 50.2 Å². The molecule has 0 spiro atoms. The van der Waals surface area contributed by atoms with Crippen LogP contribution < -0.4 is 9.80 Å². The molecule has 0 saturated carbocycles. The molecule has 2 aliphatic rings. The smallest absolute Gasteiger partial charge is 0.416 e. The van der Waals surface area contributed by atoms with Crippen molar-refractivity contribution in [2.75, 3.05) is 29.4 Å². The summed E-state index contributed by atoms with van der Waals surface area (Å²) in [5.41, 5.74) is -3.19. The number of carbonyl (C=O) groups is 1. The van der Waals surface area contributed by atoms with E-state index in [1.807, 2.05) is 11.8 Å². The molecule has 4 rings (SSSR count). The van der Waals surface area contributed by atoms with Gasteiger partial charge >= 0.3 is 18.4 Å². The Balaban J connectivity index is 1.71. The summed E-state index contributed by atoms with van der Waals surface area (Å²) in [7, 11) is 0. The fraction of sp³-hybridized carbons (Fsp3) is 0.607. The Morgan fingerprint density at radius 3 is 2.10 bits per heavy atom. The average molecular weight is 604 g/mol. The van der Waals surface area contributed by atoms with Gasteiger partial charge in [-0.15, -0.1) is 0 Å². The van der Waals surface area contributed by atoms with Crippen LogP contribution in [0.5, 0.6) is 0 Å². The van der Waals surface area contributed by atoms with Crippen molar-refractivity contribution in [1.29, 1.82) is 0 Å². The number of ether oxygens (including phenoxy) is 1. The normalized spacial score (nSPS) is 21.6. The van der Waals surface area contributed by atoms with Crippen molar-refractivity contribution in [2.24, 2.45) is 0 Å². The highest BCUT2D eigenvalue weighted by atomic mass is 19.4. The Morgan fingerprint density at radius 2 is 1.62 bits per heavy atom. The number of likely N-dealkylation sites (tertiary alicyclic amines) is 1. The lowest BCUT2D eigenvalue weighted by molar-refractivity contribution is -0.143. The Bertz CT molecular complexity index is 1220. The van der Waals surface area contributed by atoms with E-state index >= 15 is 0 Å². The standard InChI is InChI=1S/C28H35F6N5O3/c1-5-20-11-21(15-39(20)25(41)42-26(2,3)4)38(24-35-12-22(13-36-24)37-7-6-23(40)16-37)14-17-8-18(27(29,30)31)10-19(9-17)28(32,33)34/h8-10,12-13,20-21,23,40H,5-7,11,14-16H2,1-4H3/t20-,21+,23+/m1/s1.